The third kappa shape index (κ3) is 5.05. The van der Waals surface area contributed by atoms with E-state index in [1.807, 2.05) is 13.8 Å². The third-order valence-electron chi connectivity index (χ3n) is 4.02. The van der Waals surface area contributed by atoms with Gasteiger partial charge in [-0.05, 0) is 35.7 Å². The molecule has 0 bridgehead atoms. The van der Waals surface area contributed by atoms with Crippen LogP contribution in [0.2, 0.25) is 5.02 Å². The van der Waals surface area contributed by atoms with Gasteiger partial charge in [-0.3, -0.25) is 9.59 Å². The Bertz CT molecular complexity index is 795. The summed E-state index contributed by atoms with van der Waals surface area (Å²) in [6.07, 6.45) is 0. The fourth-order valence-electron chi connectivity index (χ4n) is 2.60. The van der Waals surface area contributed by atoms with E-state index in [-0.39, 0.29) is 24.2 Å². The number of likely N-dealkylation sites (N-methyl/N-ethyl adjacent to an activating group) is 1. The van der Waals surface area contributed by atoms with Gasteiger partial charge in [-0.1, -0.05) is 49.7 Å². The number of nitrogens with one attached hydrogen (secondary N) is 1. The molecule has 0 heterocycles. The van der Waals surface area contributed by atoms with Gasteiger partial charge in [0.2, 0.25) is 5.91 Å². The molecule has 0 aliphatic carbocycles. The first-order valence-corrected chi connectivity index (χ1v) is 8.72. The van der Waals surface area contributed by atoms with E-state index in [1.54, 1.807) is 43.4 Å². The van der Waals surface area contributed by atoms with Crippen LogP contribution >= 0.6 is 11.6 Å². The second kappa shape index (κ2) is 8.81. The molecule has 2 aromatic rings. The SMILES string of the molecule is CC(C)C(NC(=O)c1ccccc1Cl)C(=O)N(C)Cc1cccc(F)c1. The van der Waals surface area contributed by atoms with E-state index in [4.69, 9.17) is 11.6 Å². The van der Waals surface area contributed by atoms with Gasteiger partial charge in [0.1, 0.15) is 11.9 Å². The van der Waals surface area contributed by atoms with E-state index in [2.05, 4.69) is 5.32 Å². The molecule has 6 heteroatoms. The number of hydrogen-bond acceptors (Lipinski definition) is 2. The molecule has 0 radical (unpaired) electrons. The minimum Gasteiger partial charge on any atom is -0.340 e. The van der Waals surface area contributed by atoms with Gasteiger partial charge in [0.05, 0.1) is 10.6 Å². The second-order valence-corrected chi connectivity index (χ2v) is 6.91. The molecule has 0 aliphatic heterocycles. The zero-order valence-electron chi connectivity index (χ0n) is 15.0. The van der Waals surface area contributed by atoms with Gasteiger partial charge in [0.15, 0.2) is 0 Å². The van der Waals surface area contributed by atoms with E-state index in [0.717, 1.165) is 0 Å². The van der Waals surface area contributed by atoms with Gasteiger partial charge in [0, 0.05) is 13.6 Å². The molecule has 1 unspecified atom stereocenters. The summed E-state index contributed by atoms with van der Waals surface area (Å²) in [5, 5.41) is 3.09. The van der Waals surface area contributed by atoms with Crippen molar-refractivity contribution in [1.29, 1.82) is 0 Å². The van der Waals surface area contributed by atoms with Crippen molar-refractivity contribution in [3.05, 3.63) is 70.5 Å². The van der Waals surface area contributed by atoms with Crippen LogP contribution in [-0.4, -0.2) is 29.8 Å². The Hall–Kier alpha value is -2.40. The number of carbonyl (C=O) groups is 2. The minimum atomic E-state index is -0.711. The number of benzene rings is 2. The fourth-order valence-corrected chi connectivity index (χ4v) is 2.82. The van der Waals surface area contributed by atoms with Crippen LogP contribution in [-0.2, 0) is 11.3 Å². The molecule has 1 atom stereocenters. The molecule has 0 saturated heterocycles. The number of halogens is 2. The molecular formula is C20H22ClFN2O2. The summed E-state index contributed by atoms with van der Waals surface area (Å²) in [4.78, 5) is 26.8. The quantitative estimate of drug-likeness (QED) is 0.831. The van der Waals surface area contributed by atoms with E-state index in [9.17, 15) is 14.0 Å². The Morgan fingerprint density at radius 2 is 1.85 bits per heavy atom. The molecule has 2 amide bonds. The molecule has 4 nitrogen and oxygen atoms in total. The molecular weight excluding hydrogens is 355 g/mol. The van der Waals surface area contributed by atoms with Crippen LogP contribution < -0.4 is 5.32 Å². The molecule has 26 heavy (non-hydrogen) atoms. The van der Waals surface area contributed by atoms with Crippen LogP contribution in [0.1, 0.15) is 29.8 Å². The lowest BCUT2D eigenvalue weighted by atomic mass is 10.0. The van der Waals surface area contributed by atoms with Gasteiger partial charge in [-0.2, -0.15) is 0 Å². The Kier molecular flexibility index (Phi) is 6.75. The third-order valence-corrected chi connectivity index (χ3v) is 4.35. The average Bonchev–Trinajstić information content (AvgIpc) is 2.59. The number of carbonyl (C=O) groups excluding carboxylic acids is 2. The Labute approximate surface area is 158 Å². The monoisotopic (exact) mass is 376 g/mol. The molecule has 138 valence electrons. The van der Waals surface area contributed by atoms with Crippen molar-refractivity contribution in [3.8, 4) is 0 Å². The molecule has 0 saturated carbocycles. The minimum absolute atomic E-state index is 0.121. The zero-order valence-corrected chi connectivity index (χ0v) is 15.8. The van der Waals surface area contributed by atoms with E-state index < -0.39 is 11.9 Å². The summed E-state index contributed by atoms with van der Waals surface area (Å²) >= 11 is 6.05. The van der Waals surface area contributed by atoms with Crippen LogP contribution in [0.3, 0.4) is 0 Å². The summed E-state index contributed by atoms with van der Waals surface area (Å²) in [5.41, 5.74) is 1.00. The average molecular weight is 377 g/mol. The van der Waals surface area contributed by atoms with Gasteiger partial charge in [-0.25, -0.2) is 4.39 Å². The molecule has 0 aliphatic rings. The van der Waals surface area contributed by atoms with Crippen molar-refractivity contribution < 1.29 is 14.0 Å². The van der Waals surface area contributed by atoms with Crippen LogP contribution in [0.4, 0.5) is 4.39 Å². The predicted molar refractivity (Wildman–Crippen MR) is 100 cm³/mol. The highest BCUT2D eigenvalue weighted by Gasteiger charge is 2.28. The van der Waals surface area contributed by atoms with Crippen LogP contribution in [0.5, 0.6) is 0 Å². The zero-order chi connectivity index (χ0) is 19.3. The molecule has 2 rings (SSSR count). The van der Waals surface area contributed by atoms with Crippen molar-refractivity contribution in [1.82, 2.24) is 10.2 Å². The standard InChI is InChI=1S/C20H22ClFN2O2/c1-13(2)18(23-19(25)16-9-4-5-10-17(16)21)20(26)24(3)12-14-7-6-8-15(22)11-14/h4-11,13,18H,12H2,1-3H3,(H,23,25). The molecule has 0 aromatic heterocycles. The normalized spacial score (nSPS) is 11.9. The lowest BCUT2D eigenvalue weighted by Gasteiger charge is -2.27. The van der Waals surface area contributed by atoms with Gasteiger partial charge >= 0.3 is 0 Å². The first-order valence-electron chi connectivity index (χ1n) is 8.34. The maximum atomic E-state index is 13.3. The summed E-state index contributed by atoms with van der Waals surface area (Å²) < 4.78 is 13.3. The van der Waals surface area contributed by atoms with Gasteiger partial charge in [0.25, 0.3) is 5.91 Å². The topological polar surface area (TPSA) is 49.4 Å². The molecule has 1 N–H and O–H groups in total. The van der Waals surface area contributed by atoms with Gasteiger partial charge < -0.3 is 10.2 Å². The Morgan fingerprint density at radius 1 is 1.15 bits per heavy atom. The summed E-state index contributed by atoms with van der Waals surface area (Å²) in [5.74, 6) is -1.12. The lowest BCUT2D eigenvalue weighted by Crippen LogP contribution is -2.50. The summed E-state index contributed by atoms with van der Waals surface area (Å²) in [6.45, 7) is 3.96. The van der Waals surface area contributed by atoms with Crippen molar-refractivity contribution in [2.75, 3.05) is 7.05 Å². The first-order chi connectivity index (χ1) is 12.3. The maximum absolute atomic E-state index is 13.3. The number of nitrogens with zero attached hydrogens (tertiary/aromatic N) is 1. The predicted octanol–water partition coefficient (Wildman–Crippen LogP) is 3.89. The summed E-state index contributed by atoms with van der Waals surface area (Å²) in [6, 6.07) is 12.1. The smallest absolute Gasteiger partial charge is 0.253 e. The lowest BCUT2D eigenvalue weighted by molar-refractivity contribution is -0.133. The number of hydrogen-bond donors (Lipinski definition) is 1. The Morgan fingerprint density at radius 3 is 2.46 bits per heavy atom. The Balaban J connectivity index is 2.11. The van der Waals surface area contributed by atoms with E-state index in [1.165, 1.54) is 17.0 Å². The maximum Gasteiger partial charge on any atom is 0.253 e. The van der Waals surface area contributed by atoms with Crippen LogP contribution in [0, 0.1) is 11.7 Å². The van der Waals surface area contributed by atoms with Crippen molar-refractivity contribution >= 4 is 23.4 Å². The number of rotatable bonds is 6. The highest BCUT2D eigenvalue weighted by atomic mass is 35.5. The fraction of sp³-hybridized carbons (Fsp3) is 0.300. The summed E-state index contributed by atoms with van der Waals surface area (Å²) in [7, 11) is 1.63. The number of amides is 2. The van der Waals surface area contributed by atoms with Crippen LogP contribution in [0.25, 0.3) is 0 Å². The highest BCUT2D eigenvalue weighted by Crippen LogP contribution is 2.16. The van der Waals surface area contributed by atoms with Crippen LogP contribution in [0.15, 0.2) is 48.5 Å². The van der Waals surface area contributed by atoms with Gasteiger partial charge in [-0.15, -0.1) is 0 Å². The van der Waals surface area contributed by atoms with Crippen molar-refractivity contribution in [3.63, 3.8) is 0 Å². The molecule has 2 aromatic carbocycles. The molecule has 0 spiro atoms. The van der Waals surface area contributed by atoms with E-state index in [0.29, 0.717) is 16.1 Å². The van der Waals surface area contributed by atoms with E-state index >= 15 is 0 Å². The van der Waals surface area contributed by atoms with Crippen molar-refractivity contribution in [2.24, 2.45) is 5.92 Å². The largest absolute Gasteiger partial charge is 0.340 e. The first kappa shape index (κ1) is 19.9. The highest BCUT2D eigenvalue weighted by molar-refractivity contribution is 6.33. The molecule has 0 fully saturated rings. The van der Waals surface area contributed by atoms with Crippen molar-refractivity contribution in [2.45, 2.75) is 26.4 Å². The second-order valence-electron chi connectivity index (χ2n) is 6.50.